The lowest BCUT2D eigenvalue weighted by Crippen LogP contribution is -2.23. The Hall–Kier alpha value is -5.26. The average molecular weight is 504 g/mol. The molecule has 3 N–H and O–H groups in total. The number of benzene rings is 2. The molecule has 0 aliphatic carbocycles. The lowest BCUT2D eigenvalue weighted by molar-refractivity contribution is -0.135. The third kappa shape index (κ3) is 4.67. The Kier molecular flexibility index (Phi) is 6.57. The molecule has 37 heavy (non-hydrogen) atoms. The monoisotopic (exact) mass is 504 g/mol. The molecule has 1 amide bonds. The second kappa shape index (κ2) is 9.77. The van der Waals surface area contributed by atoms with Crippen LogP contribution in [0.15, 0.2) is 64.0 Å². The average Bonchev–Trinajstić information content (AvgIpc) is 3.35. The number of H-pyrrole nitrogens is 1. The van der Waals surface area contributed by atoms with Crippen molar-refractivity contribution in [3.63, 3.8) is 0 Å². The van der Waals surface area contributed by atoms with Crippen molar-refractivity contribution >= 4 is 41.3 Å². The predicted molar refractivity (Wildman–Crippen MR) is 131 cm³/mol. The van der Waals surface area contributed by atoms with E-state index >= 15 is 0 Å². The van der Waals surface area contributed by atoms with E-state index in [1.54, 1.807) is 13.8 Å². The zero-order valence-electron chi connectivity index (χ0n) is 19.6. The number of aromatic carboxylic acids is 2. The molecule has 0 atom stereocenters. The van der Waals surface area contributed by atoms with Gasteiger partial charge in [0.2, 0.25) is 0 Å². The van der Waals surface area contributed by atoms with Crippen molar-refractivity contribution in [2.75, 3.05) is 11.6 Å². The number of esters is 1. The Labute approximate surface area is 208 Å². The molecule has 1 aromatic heterocycles. The van der Waals surface area contributed by atoms with Gasteiger partial charge >= 0.3 is 17.9 Å². The Bertz CT molecular complexity index is 1540. The van der Waals surface area contributed by atoms with E-state index in [1.165, 1.54) is 59.3 Å². The van der Waals surface area contributed by atoms with Crippen LogP contribution in [0.5, 0.6) is 0 Å². The van der Waals surface area contributed by atoms with Gasteiger partial charge in [-0.05, 0) is 68.5 Å². The van der Waals surface area contributed by atoms with E-state index in [-0.39, 0.29) is 40.3 Å². The molecule has 2 heterocycles. The minimum atomic E-state index is -1.15. The van der Waals surface area contributed by atoms with Gasteiger partial charge in [0.05, 0.1) is 40.2 Å². The van der Waals surface area contributed by atoms with Crippen molar-refractivity contribution in [3.05, 3.63) is 86.8 Å². The summed E-state index contributed by atoms with van der Waals surface area (Å²) in [5.74, 6) is -3.85. The third-order valence-corrected chi connectivity index (χ3v) is 5.48. The summed E-state index contributed by atoms with van der Waals surface area (Å²) in [6.07, 6.45) is 1.24. The van der Waals surface area contributed by atoms with Gasteiger partial charge in [0.15, 0.2) is 5.71 Å². The fourth-order valence-electron chi connectivity index (χ4n) is 3.62. The van der Waals surface area contributed by atoms with Gasteiger partial charge in [0, 0.05) is 5.69 Å². The molecule has 0 unspecified atom stereocenters. The highest BCUT2D eigenvalue weighted by atomic mass is 16.5. The van der Waals surface area contributed by atoms with Crippen LogP contribution < -0.4 is 10.6 Å². The number of carbonyl (C=O) groups is 4. The summed E-state index contributed by atoms with van der Waals surface area (Å²) in [5.41, 5.74) is 0.0206. The third-order valence-electron chi connectivity index (χ3n) is 5.48. The predicted octanol–water partition coefficient (Wildman–Crippen LogP) is 2.22. The number of hydrazone groups is 1. The highest BCUT2D eigenvalue weighted by Crippen LogP contribution is 2.26. The Balaban J connectivity index is 1.77. The molecule has 0 fully saturated rings. The molecule has 0 saturated heterocycles. The molecule has 0 radical (unpaired) electrons. The topological polar surface area (TPSA) is 171 Å². The van der Waals surface area contributed by atoms with Crippen LogP contribution in [-0.2, 0) is 14.3 Å². The maximum Gasteiger partial charge on any atom is 0.359 e. The lowest BCUT2D eigenvalue weighted by atomic mass is 10.1. The molecule has 12 heteroatoms. The van der Waals surface area contributed by atoms with Crippen LogP contribution in [0.2, 0.25) is 0 Å². The normalized spacial score (nSPS) is 14.1. The fourth-order valence-corrected chi connectivity index (χ4v) is 3.62. The summed E-state index contributed by atoms with van der Waals surface area (Å²) in [4.78, 5) is 61.3. The van der Waals surface area contributed by atoms with Crippen molar-refractivity contribution in [1.82, 2.24) is 9.78 Å². The summed E-state index contributed by atoms with van der Waals surface area (Å²) in [5, 5.41) is 26.1. The number of carboxylic acids is 2. The van der Waals surface area contributed by atoms with E-state index in [2.05, 4.69) is 10.2 Å². The van der Waals surface area contributed by atoms with E-state index in [9.17, 15) is 24.0 Å². The van der Waals surface area contributed by atoms with E-state index in [1.807, 2.05) is 0 Å². The highest BCUT2D eigenvalue weighted by Gasteiger charge is 2.36. The second-order valence-electron chi connectivity index (χ2n) is 7.84. The molecule has 4 rings (SSSR count). The smallest absolute Gasteiger partial charge is 0.359 e. The molecular weight excluding hydrogens is 484 g/mol. The number of aromatic amines is 1. The summed E-state index contributed by atoms with van der Waals surface area (Å²) in [6, 6.07) is 10.9. The summed E-state index contributed by atoms with van der Waals surface area (Å²) < 4.78 is 6.21. The number of nitrogens with zero attached hydrogens (tertiary/aromatic N) is 3. The van der Waals surface area contributed by atoms with E-state index in [0.717, 1.165) is 5.01 Å². The van der Waals surface area contributed by atoms with Gasteiger partial charge in [-0.15, -0.1) is 0 Å². The van der Waals surface area contributed by atoms with Crippen molar-refractivity contribution in [1.29, 1.82) is 0 Å². The van der Waals surface area contributed by atoms with Crippen LogP contribution in [0.1, 0.15) is 38.9 Å². The summed E-state index contributed by atoms with van der Waals surface area (Å²) in [6.45, 7) is 3.21. The van der Waals surface area contributed by atoms with Gasteiger partial charge in [-0.25, -0.2) is 19.1 Å². The van der Waals surface area contributed by atoms with Crippen LogP contribution in [-0.4, -0.2) is 56.1 Å². The number of carbonyl (C=O) groups excluding carboxylic acids is 2. The van der Waals surface area contributed by atoms with Crippen molar-refractivity contribution < 1.29 is 34.1 Å². The summed E-state index contributed by atoms with van der Waals surface area (Å²) >= 11 is 0. The number of aromatic nitrogens is 2. The first kappa shape index (κ1) is 24.9. The minimum absolute atomic E-state index is 0.000595. The number of carboxylic acid groups (broad SMARTS) is 2. The number of rotatable bonds is 7. The molecule has 188 valence electrons. The molecule has 0 bridgehead atoms. The molecular formula is C25H20N4O8. The van der Waals surface area contributed by atoms with Gasteiger partial charge in [-0.1, -0.05) is 0 Å². The number of aryl methyl sites for hydroxylation is 1. The highest BCUT2D eigenvalue weighted by molar-refractivity contribution is 6.54. The quantitative estimate of drug-likeness (QED) is 0.325. The Morgan fingerprint density at radius 2 is 1.49 bits per heavy atom. The number of ether oxygens (including phenoxy) is 1. The number of amides is 1. The first-order chi connectivity index (χ1) is 17.6. The number of anilines is 1. The van der Waals surface area contributed by atoms with Crippen LogP contribution in [0.4, 0.5) is 5.69 Å². The molecule has 1 aliphatic heterocycles. The van der Waals surface area contributed by atoms with E-state index in [4.69, 9.17) is 14.9 Å². The first-order valence-corrected chi connectivity index (χ1v) is 10.9. The van der Waals surface area contributed by atoms with Crippen LogP contribution in [0.25, 0.3) is 11.8 Å². The van der Waals surface area contributed by atoms with Crippen LogP contribution in [0.3, 0.4) is 0 Å². The SMILES string of the molecule is CCOC(=O)C1=NN(c2ccc(C(=O)O)cc2)C(=O)/C1=C\c1c(C)[nH]n(-c2ccc(C(=O)O)cc2)c1=O. The maximum absolute atomic E-state index is 13.3. The Morgan fingerprint density at radius 3 is 2.00 bits per heavy atom. The molecule has 3 aromatic rings. The number of hydrogen-bond donors (Lipinski definition) is 3. The lowest BCUT2D eigenvalue weighted by Gasteiger charge is -2.11. The van der Waals surface area contributed by atoms with E-state index < -0.39 is 29.4 Å². The van der Waals surface area contributed by atoms with E-state index in [0.29, 0.717) is 11.4 Å². The van der Waals surface area contributed by atoms with Gasteiger partial charge in [-0.3, -0.25) is 14.7 Å². The minimum Gasteiger partial charge on any atom is -0.478 e. The zero-order valence-corrected chi connectivity index (χ0v) is 19.6. The Morgan fingerprint density at radius 1 is 0.946 bits per heavy atom. The molecule has 1 aliphatic rings. The van der Waals surface area contributed by atoms with Crippen LogP contribution >= 0.6 is 0 Å². The maximum atomic E-state index is 13.3. The summed E-state index contributed by atoms with van der Waals surface area (Å²) in [7, 11) is 0. The fraction of sp³-hybridized carbons (Fsp3) is 0.120. The molecule has 2 aromatic carbocycles. The van der Waals surface area contributed by atoms with Crippen molar-refractivity contribution in [3.8, 4) is 5.69 Å². The molecule has 12 nitrogen and oxygen atoms in total. The largest absolute Gasteiger partial charge is 0.478 e. The number of hydrogen-bond acceptors (Lipinski definition) is 7. The van der Waals surface area contributed by atoms with Gasteiger partial charge < -0.3 is 14.9 Å². The molecule has 0 spiro atoms. The first-order valence-electron chi connectivity index (χ1n) is 10.9. The zero-order chi connectivity index (χ0) is 26.9. The van der Waals surface area contributed by atoms with Gasteiger partial charge in [-0.2, -0.15) is 10.1 Å². The van der Waals surface area contributed by atoms with Crippen LogP contribution in [0, 0.1) is 6.92 Å². The molecule has 0 saturated carbocycles. The van der Waals surface area contributed by atoms with Crippen molar-refractivity contribution in [2.24, 2.45) is 5.10 Å². The van der Waals surface area contributed by atoms with Gasteiger partial charge in [0.1, 0.15) is 0 Å². The van der Waals surface area contributed by atoms with Gasteiger partial charge in [0.25, 0.3) is 11.5 Å². The van der Waals surface area contributed by atoms with Crippen molar-refractivity contribution in [2.45, 2.75) is 13.8 Å². The standard InChI is InChI=1S/C25H20N4O8/c1-3-37-25(36)20-19(22(31)29(27-20)17-10-6-15(7-11-17)24(34)35)12-18-13(2)26-28(21(18)30)16-8-4-14(5-9-16)23(32)33/h4-12,26H,3H2,1-2H3,(H,32,33)(H,34,35)/b19-12-. The number of nitrogens with one attached hydrogen (secondary N) is 1. The second-order valence-corrected chi connectivity index (χ2v) is 7.84.